The molecule has 3 saturated heterocycles. The van der Waals surface area contributed by atoms with E-state index in [1.54, 1.807) is 0 Å². The maximum atomic E-state index is 11.8. The van der Waals surface area contributed by atoms with Gasteiger partial charge in [-0.05, 0) is 20.8 Å². The second-order valence-electron chi connectivity index (χ2n) is 6.69. The van der Waals surface area contributed by atoms with Gasteiger partial charge in [0.05, 0.1) is 13.0 Å². The van der Waals surface area contributed by atoms with Crippen molar-refractivity contribution in [3.05, 3.63) is 0 Å². The number of esters is 1. The standard InChI is InChI=1S/C12H19BNO5/c1-12(2,3)17-10(15)5-9-4-8-6-14-7-11(16)19-13(8,14)18-9/h8-9H,4-7H2,1-3H3/q-1/t8?,9-,13?/m0/s1. The molecule has 6 nitrogen and oxygen atoms in total. The third-order valence-electron chi connectivity index (χ3n) is 3.97. The SMILES string of the molecule is CC(C)(C)OC(=O)C[C@@H]1CC2CN3CC(=O)O[B-]23O1. The maximum Gasteiger partial charge on any atom is 0.378 e. The van der Waals surface area contributed by atoms with E-state index in [9.17, 15) is 9.59 Å². The topological polar surface area (TPSA) is 65.1 Å². The van der Waals surface area contributed by atoms with E-state index >= 15 is 0 Å². The number of hydrogen-bond donors (Lipinski definition) is 0. The molecule has 0 bridgehead atoms. The summed E-state index contributed by atoms with van der Waals surface area (Å²) in [4.78, 5) is 25.1. The first-order valence-electron chi connectivity index (χ1n) is 6.79. The van der Waals surface area contributed by atoms with E-state index < -0.39 is 12.3 Å². The van der Waals surface area contributed by atoms with Crippen LogP contribution in [-0.2, 0) is 23.6 Å². The summed E-state index contributed by atoms with van der Waals surface area (Å²) in [6.45, 7) is 5.08. The normalized spacial score (nSPS) is 37.3. The summed E-state index contributed by atoms with van der Waals surface area (Å²) >= 11 is 0. The summed E-state index contributed by atoms with van der Waals surface area (Å²) in [6.07, 6.45) is 0.793. The monoisotopic (exact) mass is 268 g/mol. The van der Waals surface area contributed by atoms with Crippen molar-refractivity contribution in [3.63, 3.8) is 0 Å². The molecular weight excluding hydrogens is 249 g/mol. The van der Waals surface area contributed by atoms with Gasteiger partial charge in [0.2, 0.25) is 0 Å². The van der Waals surface area contributed by atoms with Crippen LogP contribution in [0.15, 0.2) is 0 Å². The molecule has 1 spiro atoms. The van der Waals surface area contributed by atoms with Gasteiger partial charge in [0.25, 0.3) is 5.97 Å². The molecule has 3 aliphatic rings. The molecule has 0 amide bonds. The highest BCUT2D eigenvalue weighted by atomic mass is 16.7. The van der Waals surface area contributed by atoms with Crippen LogP contribution in [0, 0.1) is 0 Å². The smallest absolute Gasteiger partial charge is 0.378 e. The molecule has 0 aromatic heterocycles. The van der Waals surface area contributed by atoms with Crippen LogP contribution in [0.2, 0.25) is 5.82 Å². The van der Waals surface area contributed by atoms with E-state index in [0.717, 1.165) is 13.0 Å². The Balaban J connectivity index is 1.58. The number of ether oxygens (including phenoxy) is 1. The molecule has 0 aromatic carbocycles. The molecule has 19 heavy (non-hydrogen) atoms. The zero-order chi connectivity index (χ0) is 13.8. The van der Waals surface area contributed by atoms with Crippen LogP contribution < -0.4 is 0 Å². The molecule has 0 aliphatic carbocycles. The van der Waals surface area contributed by atoms with E-state index in [4.69, 9.17) is 14.0 Å². The van der Waals surface area contributed by atoms with Gasteiger partial charge < -0.3 is 18.9 Å². The molecule has 3 aliphatic heterocycles. The quantitative estimate of drug-likeness (QED) is 0.542. The van der Waals surface area contributed by atoms with E-state index in [0.29, 0.717) is 6.54 Å². The van der Waals surface area contributed by atoms with Crippen molar-refractivity contribution >= 4 is 18.6 Å². The minimum absolute atomic E-state index is 0.198. The largest absolute Gasteiger partial charge is 0.652 e. The first-order chi connectivity index (χ1) is 8.78. The lowest BCUT2D eigenvalue weighted by Crippen LogP contribution is -2.65. The first-order valence-corrected chi connectivity index (χ1v) is 6.79. The van der Waals surface area contributed by atoms with Crippen molar-refractivity contribution < 1.29 is 23.6 Å². The van der Waals surface area contributed by atoms with E-state index in [2.05, 4.69) is 0 Å². The predicted octanol–water partition coefficient (Wildman–Crippen LogP) is 0.689. The van der Waals surface area contributed by atoms with Crippen LogP contribution in [0.1, 0.15) is 33.6 Å². The molecule has 3 atom stereocenters. The Morgan fingerprint density at radius 3 is 2.89 bits per heavy atom. The van der Waals surface area contributed by atoms with Gasteiger partial charge in [0, 0.05) is 6.10 Å². The van der Waals surface area contributed by atoms with Crippen molar-refractivity contribution in [1.82, 2.24) is 4.81 Å². The second-order valence-corrected chi connectivity index (χ2v) is 6.69. The van der Waals surface area contributed by atoms with Gasteiger partial charge in [-0.1, -0.05) is 18.8 Å². The number of nitrogens with zero attached hydrogens (tertiary/aromatic N) is 1. The highest BCUT2D eigenvalue weighted by Gasteiger charge is 2.62. The van der Waals surface area contributed by atoms with Crippen molar-refractivity contribution in [2.45, 2.75) is 51.1 Å². The highest BCUT2D eigenvalue weighted by Crippen LogP contribution is 2.51. The van der Waals surface area contributed by atoms with Crippen LogP contribution >= 0.6 is 0 Å². The van der Waals surface area contributed by atoms with Crippen LogP contribution in [-0.4, -0.2) is 48.2 Å². The van der Waals surface area contributed by atoms with Crippen molar-refractivity contribution in [2.24, 2.45) is 0 Å². The Kier molecular flexibility index (Phi) is 2.70. The number of hydrogen-bond acceptors (Lipinski definition) is 6. The zero-order valence-corrected chi connectivity index (χ0v) is 11.5. The third kappa shape index (κ3) is 2.14. The summed E-state index contributed by atoms with van der Waals surface area (Å²) in [7, 11) is 0. The number of carbonyl (C=O) groups is 2. The third-order valence-corrected chi connectivity index (χ3v) is 3.97. The minimum atomic E-state index is -1.58. The molecule has 0 radical (unpaired) electrons. The summed E-state index contributed by atoms with van der Waals surface area (Å²) in [5.41, 5.74) is -0.482. The fourth-order valence-electron chi connectivity index (χ4n) is 3.34. The van der Waals surface area contributed by atoms with E-state index in [1.807, 2.05) is 25.6 Å². The predicted molar refractivity (Wildman–Crippen MR) is 67.1 cm³/mol. The fourth-order valence-corrected chi connectivity index (χ4v) is 3.34. The summed E-state index contributed by atoms with van der Waals surface area (Å²) in [5.74, 6) is -0.235. The summed E-state index contributed by atoms with van der Waals surface area (Å²) in [5, 5.41) is 0. The van der Waals surface area contributed by atoms with Crippen LogP contribution in [0.25, 0.3) is 0 Å². The average molecular weight is 268 g/mol. The fraction of sp³-hybridized carbons (Fsp3) is 0.833. The molecule has 0 aromatic rings. The summed E-state index contributed by atoms with van der Waals surface area (Å²) < 4.78 is 16.5. The van der Waals surface area contributed by atoms with Crippen LogP contribution in [0.5, 0.6) is 0 Å². The zero-order valence-electron chi connectivity index (χ0n) is 11.5. The summed E-state index contributed by atoms with van der Waals surface area (Å²) in [6, 6.07) is 0. The second kappa shape index (κ2) is 3.96. The number of carbonyl (C=O) groups excluding carboxylic acids is 2. The molecular formula is C12H19BNO5-. The van der Waals surface area contributed by atoms with Gasteiger partial charge in [-0.15, -0.1) is 0 Å². The first kappa shape index (κ1) is 12.9. The van der Waals surface area contributed by atoms with Gasteiger partial charge in [0.15, 0.2) is 0 Å². The molecule has 3 rings (SSSR count). The Morgan fingerprint density at radius 2 is 2.26 bits per heavy atom. The Bertz CT molecular complexity index is 434. The Morgan fingerprint density at radius 1 is 1.53 bits per heavy atom. The number of rotatable bonds is 2. The maximum absolute atomic E-state index is 11.8. The molecule has 106 valence electrons. The molecule has 3 heterocycles. The van der Waals surface area contributed by atoms with Gasteiger partial charge in [0.1, 0.15) is 5.60 Å². The Labute approximate surface area is 112 Å². The van der Waals surface area contributed by atoms with Gasteiger partial charge in [-0.2, -0.15) is 0 Å². The molecule has 3 fully saturated rings. The highest BCUT2D eigenvalue weighted by molar-refractivity contribution is 6.72. The molecule has 2 unspecified atom stereocenters. The molecule has 0 saturated carbocycles. The minimum Gasteiger partial charge on any atom is -0.652 e. The van der Waals surface area contributed by atoms with Crippen molar-refractivity contribution in [3.8, 4) is 0 Å². The van der Waals surface area contributed by atoms with E-state index in [1.165, 1.54) is 0 Å². The van der Waals surface area contributed by atoms with Gasteiger partial charge >= 0.3 is 12.7 Å². The van der Waals surface area contributed by atoms with E-state index in [-0.39, 0.29) is 30.3 Å². The molecule has 7 heteroatoms. The van der Waals surface area contributed by atoms with Crippen LogP contribution in [0.4, 0.5) is 0 Å². The Hall–Kier alpha value is -1.08. The lowest BCUT2D eigenvalue weighted by Gasteiger charge is -2.54. The van der Waals surface area contributed by atoms with Crippen LogP contribution in [0.3, 0.4) is 0 Å². The van der Waals surface area contributed by atoms with Crippen molar-refractivity contribution in [1.29, 1.82) is 0 Å². The lowest BCUT2D eigenvalue weighted by molar-refractivity contribution is -0.156. The lowest BCUT2D eigenvalue weighted by atomic mass is 9.50. The molecule has 0 N–H and O–H groups in total. The van der Waals surface area contributed by atoms with Crippen molar-refractivity contribution in [2.75, 3.05) is 13.1 Å². The van der Waals surface area contributed by atoms with Gasteiger partial charge in [-0.25, -0.2) is 0 Å². The average Bonchev–Trinajstić information content (AvgIpc) is 2.61. The van der Waals surface area contributed by atoms with Gasteiger partial charge in [-0.3, -0.25) is 9.59 Å².